The number of aliphatic hydroxyl groups excluding tert-OH is 3. The Hall–Kier alpha value is -5.59. The van der Waals surface area contributed by atoms with Crippen molar-refractivity contribution in [2.24, 2.45) is 70.5 Å². The molecule has 5 aliphatic carbocycles. The normalized spacial score (nSPS) is 24.2. The predicted molar refractivity (Wildman–Crippen MR) is 413 cm³/mol. The molecule has 3 heterocycles. The number of amides is 3. The fourth-order valence-corrected chi connectivity index (χ4v) is 14.6. The van der Waals surface area contributed by atoms with Crippen molar-refractivity contribution in [3.05, 3.63) is 63.1 Å². The van der Waals surface area contributed by atoms with Crippen molar-refractivity contribution in [3.8, 4) is 17.7 Å². The summed E-state index contributed by atoms with van der Waals surface area (Å²) in [6.45, 7) is 36.2. The van der Waals surface area contributed by atoms with Gasteiger partial charge in [-0.3, -0.25) is 19.3 Å². The van der Waals surface area contributed by atoms with Gasteiger partial charge in [0.2, 0.25) is 5.43 Å². The number of Topliss-reactive ketones (excluding diaryl/α,β-unsaturated/α-hetero) is 1. The molecule has 0 unspecified atom stereocenters. The molecule has 1 aromatic carbocycles. The summed E-state index contributed by atoms with van der Waals surface area (Å²) in [7, 11) is 0.319. The van der Waals surface area contributed by atoms with Crippen LogP contribution in [-0.2, 0) is 27.1 Å². The van der Waals surface area contributed by atoms with Gasteiger partial charge in [-0.25, -0.2) is 18.4 Å². The summed E-state index contributed by atoms with van der Waals surface area (Å²) in [6.07, 6.45) is 24.7. The Balaban J connectivity index is 0.000000357. The van der Waals surface area contributed by atoms with E-state index < -0.39 is 39.8 Å². The van der Waals surface area contributed by atoms with Crippen LogP contribution >= 0.6 is 0 Å². The molecule has 11 atom stereocenters. The molecule has 0 spiro atoms. The number of carbonyl (C=O) groups is 4. The number of aryl methyl sites for hydroxylation is 1. The molecule has 25 heteroatoms. The third-order valence-corrected chi connectivity index (χ3v) is 20.2. The minimum atomic E-state index is -0.890. The summed E-state index contributed by atoms with van der Waals surface area (Å²) >= 11 is 0. The average molecular weight is 1480 g/mol. The molecule has 22 nitrogen and oxygen atoms in total. The molecule has 0 bridgehead atoms. The van der Waals surface area contributed by atoms with E-state index in [0.717, 1.165) is 140 Å². The Labute approximate surface area is 629 Å². The molecule has 0 radical (unpaired) electrons. The number of nitrogens with one attached hydrogen (secondary N) is 4. The SMILES string of the molecule is CC(C)(C)OC(=O)N[C@H]1CCCC[C@H]1CO.CC(C)CN.CC(C)CN1C[C@@H]2CCCC[C@@H]2N2C(=O)c3c(O)c(=O)c(C(=O)CCc4ccc(F)cc4F)cn3C[C@@H]12.CC(C)CNC[C@@H]1CCCC[C@@H]1N.CC(C)CNC[C@@H]1CCCC[C@@H]1NC(=O)OC(C)(C)C.N[C@H]1CCCC[C@H]1CO.O=BC#CO. The second-order valence-electron chi connectivity index (χ2n) is 33.5. The van der Waals surface area contributed by atoms with Crippen molar-refractivity contribution >= 4 is 31.0 Å². The van der Waals surface area contributed by atoms with Crippen molar-refractivity contribution in [3.63, 3.8) is 0 Å². The van der Waals surface area contributed by atoms with E-state index in [2.05, 4.69) is 81.6 Å². The maximum absolute atomic E-state index is 14.0. The van der Waals surface area contributed by atoms with E-state index in [1.807, 2.05) is 46.4 Å². The zero-order valence-corrected chi connectivity index (χ0v) is 66.6. The number of hydrogen-bond donors (Lipinski definition) is 11. The number of nitrogens with two attached hydrogens (primary N) is 3. The van der Waals surface area contributed by atoms with Crippen molar-refractivity contribution in [2.75, 3.05) is 59.0 Å². The van der Waals surface area contributed by atoms with Gasteiger partial charge in [-0.2, -0.15) is 0 Å². The monoisotopic (exact) mass is 1480 g/mol. The second kappa shape index (κ2) is 48.7. The predicted octanol–water partition coefficient (Wildman–Crippen LogP) is 11.5. The Bertz CT molecular complexity index is 3010. The molecule has 105 heavy (non-hydrogen) atoms. The zero-order valence-electron chi connectivity index (χ0n) is 66.6. The number of aromatic hydroxyl groups is 1. The number of pyridine rings is 1. The number of benzene rings is 1. The van der Waals surface area contributed by atoms with E-state index in [1.165, 1.54) is 76.2 Å². The first kappa shape index (κ1) is 93.6. The van der Waals surface area contributed by atoms with Gasteiger partial charge in [-0.1, -0.05) is 126 Å². The number of nitrogens with zero attached hydrogens (tertiary/aromatic N) is 3. The first-order chi connectivity index (χ1) is 49.6. The molecule has 598 valence electrons. The Morgan fingerprint density at radius 2 is 1.13 bits per heavy atom. The molecule has 7 aliphatic rings. The topological polar surface area (TPSA) is 339 Å². The van der Waals surface area contributed by atoms with E-state index in [1.54, 1.807) is 10.4 Å². The number of aliphatic hydroxyl groups is 3. The van der Waals surface area contributed by atoms with E-state index >= 15 is 0 Å². The van der Waals surface area contributed by atoms with E-state index in [9.17, 15) is 43.0 Å². The molecule has 2 aromatic rings. The van der Waals surface area contributed by atoms with Crippen molar-refractivity contribution < 1.29 is 62.6 Å². The summed E-state index contributed by atoms with van der Waals surface area (Å²) in [5, 5.41) is 49.3. The van der Waals surface area contributed by atoms with Crippen LogP contribution in [0.25, 0.3) is 0 Å². The third-order valence-electron chi connectivity index (χ3n) is 20.2. The van der Waals surface area contributed by atoms with E-state index in [4.69, 9.17) is 41.6 Å². The molecule has 2 aliphatic heterocycles. The molecule has 14 N–H and O–H groups in total. The van der Waals surface area contributed by atoms with Crippen LogP contribution in [0.4, 0.5) is 18.4 Å². The first-order valence-electron chi connectivity index (χ1n) is 39.5. The van der Waals surface area contributed by atoms with E-state index in [-0.39, 0.29) is 97.2 Å². The standard InChI is InChI=1S/C28H33F2N3O4.C16H32N2O2.C12H23NO3.C11H24N2.C7H15NO.C4H11N.C2HBO2/c1-16(2)12-31-13-18-5-3-4-6-22(18)33-24(31)15-32-14-20(26(35)27(36)25(32)28(33)37)23(34)10-8-17-7-9-19(29)11-21(17)30;1-12(2)10-17-11-13-8-6-7-9-14(13)18-15(19)20-16(3,4)5;1-12(2,3)16-11(15)13-10-7-5-4-6-9(10)8-14;1-9(2)7-13-8-10-5-3-4-6-11(10)12;8-7-4-2-1-3-6(7)5-9;1-4(2)3-5;4-2-1-3-5/h7,9,11,14,16,18,22,24,36H,3-6,8,10,12-13,15H2,1-2H3;12-14,17H,6-11H2,1-5H3,(H,18,19);9-10,14H,4-8H2,1-3H3,(H,13,15);9-11,13H,3-8,12H2,1-2H3;6-7,9H,1-5,8H2;4H,3,5H2,1-2H3;4H/t18-,22-,24-;13-,14-;9-,10-;10-,11-;6-,7-;;/m00000../s1. The Morgan fingerprint density at radius 1 is 0.657 bits per heavy atom. The van der Waals surface area contributed by atoms with Gasteiger partial charge in [0.05, 0.1) is 12.1 Å². The molecule has 5 saturated carbocycles. The Morgan fingerprint density at radius 3 is 1.59 bits per heavy atom. The summed E-state index contributed by atoms with van der Waals surface area (Å²) in [5.41, 5.74) is 15.0. The van der Waals surface area contributed by atoms with Gasteiger partial charge in [-0.05, 0) is 204 Å². The first-order valence-corrected chi connectivity index (χ1v) is 39.5. The summed E-state index contributed by atoms with van der Waals surface area (Å²) in [4.78, 5) is 67.5. The second-order valence-corrected chi connectivity index (χ2v) is 33.5. The number of rotatable bonds is 19. The van der Waals surface area contributed by atoms with Crippen molar-refractivity contribution in [1.29, 1.82) is 0 Å². The van der Waals surface area contributed by atoms with Crippen molar-refractivity contribution in [2.45, 2.75) is 292 Å². The molecule has 6 fully saturated rings. The summed E-state index contributed by atoms with van der Waals surface area (Å²) in [6, 6.07) is 4.24. The fraction of sp³-hybridized carbons (Fsp3) is 0.787. The van der Waals surface area contributed by atoms with Gasteiger partial charge in [0.15, 0.2) is 17.2 Å². The summed E-state index contributed by atoms with van der Waals surface area (Å²) in [5.74, 6) is 3.27. The Kier molecular flexibility index (Phi) is 43.5. The van der Waals surface area contributed by atoms with Gasteiger partial charge in [0, 0.05) is 81.1 Å². The number of halogens is 2. The summed E-state index contributed by atoms with van der Waals surface area (Å²) < 4.78 is 48.4. The van der Waals surface area contributed by atoms with Crippen LogP contribution in [0.2, 0.25) is 0 Å². The molecule has 1 saturated heterocycles. The number of fused-ring (bicyclic) bond motifs is 4. The van der Waals surface area contributed by atoms with Gasteiger partial charge >= 0.3 is 41.1 Å². The molecule has 3 amide bonds. The van der Waals surface area contributed by atoms with Crippen LogP contribution in [-0.4, -0.2) is 172 Å². The van der Waals surface area contributed by atoms with Gasteiger partial charge in [0.25, 0.3) is 5.91 Å². The number of hydrogen-bond acceptors (Lipinski definition) is 18. The zero-order chi connectivity index (χ0) is 78.6. The minimum absolute atomic E-state index is 0.0204. The van der Waals surface area contributed by atoms with Gasteiger partial charge in [0.1, 0.15) is 29.0 Å². The number of aromatic nitrogens is 1. The van der Waals surface area contributed by atoms with Crippen LogP contribution < -0.4 is 43.9 Å². The molecule has 1 aromatic heterocycles. The number of alkyl carbamates (subject to hydrolysis) is 2. The van der Waals surface area contributed by atoms with Crippen LogP contribution in [0.3, 0.4) is 0 Å². The van der Waals surface area contributed by atoms with E-state index in [0.29, 0.717) is 55.2 Å². The quantitative estimate of drug-likeness (QED) is 0.0354. The van der Waals surface area contributed by atoms with Crippen LogP contribution in [0.5, 0.6) is 5.75 Å². The average Bonchev–Trinajstić information content (AvgIpc) is 0.731. The van der Waals surface area contributed by atoms with Gasteiger partial charge < -0.3 is 72.7 Å². The molecular weight excluding hydrogens is 1340 g/mol. The van der Waals surface area contributed by atoms with Crippen LogP contribution in [0.15, 0.2) is 29.2 Å². The fourth-order valence-electron chi connectivity index (χ4n) is 14.6. The number of ether oxygens (including phenoxy) is 2. The maximum atomic E-state index is 14.0. The van der Waals surface area contributed by atoms with Crippen LogP contribution in [0, 0.1) is 76.8 Å². The number of ketones is 1. The van der Waals surface area contributed by atoms with Crippen LogP contribution in [0.1, 0.15) is 258 Å². The third kappa shape index (κ3) is 35.1. The molecular formula is C80H139BF2N10O12. The molecule has 9 rings (SSSR count). The number of carbonyl (C=O) groups excluding carboxylic acids is 4. The van der Waals surface area contributed by atoms with Crippen molar-refractivity contribution in [1.82, 2.24) is 35.6 Å². The van der Waals surface area contributed by atoms with Gasteiger partial charge in [-0.15, -0.1) is 0 Å².